The number of hydrogen-bond acceptors (Lipinski definition) is 3. The highest BCUT2D eigenvalue weighted by Crippen LogP contribution is 2.13. The maximum atomic E-state index is 10.1. The largest absolute Gasteiger partial charge is 0.494 e. The van der Waals surface area contributed by atoms with Crippen molar-refractivity contribution in [3.05, 3.63) is 46.1 Å². The molecule has 1 aromatic rings. The molecule has 0 saturated heterocycles. The van der Waals surface area contributed by atoms with Gasteiger partial charge in [0.1, 0.15) is 5.75 Å². The van der Waals surface area contributed by atoms with Crippen LogP contribution in [0.1, 0.15) is 18.9 Å². The van der Waals surface area contributed by atoms with E-state index >= 15 is 0 Å². The first kappa shape index (κ1) is 11.2. The Morgan fingerprint density at radius 3 is 2.60 bits per heavy atom. The lowest BCUT2D eigenvalue weighted by Crippen LogP contribution is -1.94. The van der Waals surface area contributed by atoms with Crippen molar-refractivity contribution in [3.63, 3.8) is 0 Å². The first-order chi connectivity index (χ1) is 7.22. The lowest BCUT2D eigenvalue weighted by atomic mass is 10.2. The van der Waals surface area contributed by atoms with Gasteiger partial charge in [-0.05, 0) is 24.1 Å². The molecule has 0 unspecified atom stereocenters. The fourth-order valence-corrected chi connectivity index (χ4v) is 1.04. The zero-order chi connectivity index (χ0) is 11.1. The van der Waals surface area contributed by atoms with Crippen molar-refractivity contribution in [2.75, 3.05) is 6.61 Å². The Balaban J connectivity index is 2.60. The van der Waals surface area contributed by atoms with Crippen molar-refractivity contribution in [1.29, 1.82) is 0 Å². The fourth-order valence-electron chi connectivity index (χ4n) is 1.04. The summed E-state index contributed by atoms with van der Waals surface area (Å²) in [4.78, 5) is 9.59. The summed E-state index contributed by atoms with van der Waals surface area (Å²) >= 11 is 0. The summed E-state index contributed by atoms with van der Waals surface area (Å²) in [6.45, 7) is 2.72. The van der Waals surface area contributed by atoms with Crippen molar-refractivity contribution >= 4 is 6.08 Å². The van der Waals surface area contributed by atoms with Crippen LogP contribution in [0.2, 0.25) is 0 Å². The predicted octanol–water partition coefficient (Wildman–Crippen LogP) is 2.72. The average Bonchev–Trinajstić information content (AvgIpc) is 2.25. The molecule has 0 aliphatic heterocycles. The smallest absolute Gasteiger partial charge is 0.235 e. The Kier molecular flexibility index (Phi) is 4.34. The van der Waals surface area contributed by atoms with E-state index in [2.05, 4.69) is 0 Å². The molecule has 0 aliphatic rings. The fraction of sp³-hybridized carbons (Fsp3) is 0.273. The molecule has 0 atom stereocenters. The maximum absolute atomic E-state index is 10.1. The minimum absolute atomic E-state index is 0.485. The Bertz CT molecular complexity index is 343. The first-order valence-corrected chi connectivity index (χ1v) is 4.77. The van der Waals surface area contributed by atoms with E-state index in [1.807, 2.05) is 6.92 Å². The zero-order valence-corrected chi connectivity index (χ0v) is 8.55. The third kappa shape index (κ3) is 4.26. The molecule has 1 aromatic carbocycles. The quantitative estimate of drug-likeness (QED) is 0.551. The van der Waals surface area contributed by atoms with Crippen LogP contribution in [0.25, 0.3) is 6.08 Å². The van der Waals surface area contributed by atoms with Crippen LogP contribution in [0.15, 0.2) is 30.5 Å². The van der Waals surface area contributed by atoms with E-state index in [1.54, 1.807) is 24.3 Å². The van der Waals surface area contributed by atoms with E-state index in [0.717, 1.165) is 23.9 Å². The first-order valence-electron chi connectivity index (χ1n) is 4.77. The SMILES string of the molecule is CCCOc1ccc(C=C[N+](=O)[O-])cc1. The molecule has 0 amide bonds. The third-order valence-corrected chi connectivity index (χ3v) is 1.74. The van der Waals surface area contributed by atoms with Gasteiger partial charge < -0.3 is 4.74 Å². The van der Waals surface area contributed by atoms with E-state index in [9.17, 15) is 10.1 Å². The molecule has 4 nitrogen and oxygen atoms in total. The Labute approximate surface area is 88.3 Å². The van der Waals surface area contributed by atoms with E-state index in [0.29, 0.717) is 6.61 Å². The number of hydrogen-bond donors (Lipinski definition) is 0. The van der Waals surface area contributed by atoms with Crippen LogP contribution >= 0.6 is 0 Å². The number of nitro groups is 1. The van der Waals surface area contributed by atoms with Crippen molar-refractivity contribution in [3.8, 4) is 5.75 Å². The molecule has 15 heavy (non-hydrogen) atoms. The van der Waals surface area contributed by atoms with E-state index in [4.69, 9.17) is 4.74 Å². The van der Waals surface area contributed by atoms with Gasteiger partial charge in [-0.25, -0.2) is 0 Å². The molecule has 4 heteroatoms. The molecule has 1 rings (SSSR count). The Morgan fingerprint density at radius 2 is 2.07 bits per heavy atom. The van der Waals surface area contributed by atoms with Gasteiger partial charge in [-0.3, -0.25) is 10.1 Å². The second kappa shape index (κ2) is 5.80. The summed E-state index contributed by atoms with van der Waals surface area (Å²) in [5.41, 5.74) is 0.788. The van der Waals surface area contributed by atoms with E-state index in [1.165, 1.54) is 6.08 Å². The van der Waals surface area contributed by atoms with Crippen molar-refractivity contribution in [2.24, 2.45) is 0 Å². The van der Waals surface area contributed by atoms with Crippen LogP contribution in [0.4, 0.5) is 0 Å². The molecule has 0 bridgehead atoms. The van der Waals surface area contributed by atoms with Gasteiger partial charge in [-0.2, -0.15) is 0 Å². The highest BCUT2D eigenvalue weighted by atomic mass is 16.6. The van der Waals surface area contributed by atoms with Crippen LogP contribution in [-0.4, -0.2) is 11.5 Å². The summed E-state index contributed by atoms with van der Waals surface area (Å²) < 4.78 is 5.38. The highest BCUT2D eigenvalue weighted by Gasteiger charge is 1.93. The molecule has 0 aromatic heterocycles. The minimum atomic E-state index is -0.485. The van der Waals surface area contributed by atoms with Gasteiger partial charge in [0.15, 0.2) is 0 Å². The maximum Gasteiger partial charge on any atom is 0.235 e. The molecular formula is C11H13NO3. The van der Waals surface area contributed by atoms with Crippen LogP contribution < -0.4 is 4.74 Å². The van der Waals surface area contributed by atoms with Gasteiger partial charge in [-0.15, -0.1) is 0 Å². The average molecular weight is 207 g/mol. The third-order valence-electron chi connectivity index (χ3n) is 1.74. The second-order valence-corrected chi connectivity index (χ2v) is 3.02. The van der Waals surface area contributed by atoms with Gasteiger partial charge in [0.25, 0.3) is 0 Å². The molecule has 0 N–H and O–H groups in total. The summed E-state index contributed by atoms with van der Waals surface area (Å²) in [6, 6.07) is 7.17. The van der Waals surface area contributed by atoms with E-state index < -0.39 is 4.92 Å². The van der Waals surface area contributed by atoms with Gasteiger partial charge in [0.2, 0.25) is 6.20 Å². The lowest BCUT2D eigenvalue weighted by Gasteiger charge is -2.03. The Hall–Kier alpha value is -1.84. The minimum Gasteiger partial charge on any atom is -0.494 e. The van der Waals surface area contributed by atoms with Crippen LogP contribution in [0.3, 0.4) is 0 Å². The lowest BCUT2D eigenvalue weighted by molar-refractivity contribution is -0.400. The van der Waals surface area contributed by atoms with Gasteiger partial charge >= 0.3 is 0 Å². The number of ether oxygens (including phenoxy) is 1. The van der Waals surface area contributed by atoms with Crippen molar-refractivity contribution in [2.45, 2.75) is 13.3 Å². The molecular weight excluding hydrogens is 194 g/mol. The molecule has 0 spiro atoms. The Morgan fingerprint density at radius 1 is 1.40 bits per heavy atom. The van der Waals surface area contributed by atoms with Gasteiger partial charge in [-0.1, -0.05) is 19.1 Å². The van der Waals surface area contributed by atoms with Crippen molar-refractivity contribution in [1.82, 2.24) is 0 Å². The molecule has 0 aliphatic carbocycles. The summed E-state index contributed by atoms with van der Waals surface area (Å²) in [5.74, 6) is 0.787. The van der Waals surface area contributed by atoms with Gasteiger partial charge in [0, 0.05) is 6.08 Å². The van der Waals surface area contributed by atoms with E-state index in [-0.39, 0.29) is 0 Å². The standard InChI is InChI=1S/C11H13NO3/c1-2-9-15-11-5-3-10(4-6-11)7-8-12(13)14/h3-8H,2,9H2,1H3. The molecule has 0 radical (unpaired) electrons. The summed E-state index contributed by atoms with van der Waals surface area (Å²) in [6.07, 6.45) is 3.33. The topological polar surface area (TPSA) is 52.4 Å². The molecule has 0 saturated carbocycles. The van der Waals surface area contributed by atoms with Crippen LogP contribution in [0, 0.1) is 10.1 Å². The number of benzene rings is 1. The highest BCUT2D eigenvalue weighted by molar-refractivity contribution is 5.49. The van der Waals surface area contributed by atoms with Crippen molar-refractivity contribution < 1.29 is 9.66 Å². The molecule has 0 fully saturated rings. The number of nitrogens with zero attached hydrogens (tertiary/aromatic N) is 1. The normalized spacial score (nSPS) is 10.5. The number of rotatable bonds is 5. The molecule has 0 heterocycles. The second-order valence-electron chi connectivity index (χ2n) is 3.02. The predicted molar refractivity (Wildman–Crippen MR) is 58.3 cm³/mol. The van der Waals surface area contributed by atoms with Crippen LogP contribution in [-0.2, 0) is 0 Å². The van der Waals surface area contributed by atoms with Gasteiger partial charge in [0.05, 0.1) is 11.5 Å². The zero-order valence-electron chi connectivity index (χ0n) is 8.55. The molecule has 80 valence electrons. The summed E-state index contributed by atoms with van der Waals surface area (Å²) in [5, 5.41) is 10.1. The van der Waals surface area contributed by atoms with Crippen LogP contribution in [0.5, 0.6) is 5.75 Å². The monoisotopic (exact) mass is 207 g/mol. The summed E-state index contributed by atoms with van der Waals surface area (Å²) in [7, 11) is 0.